The lowest BCUT2D eigenvalue weighted by atomic mass is 10.2. The van der Waals surface area contributed by atoms with E-state index in [2.05, 4.69) is 10.3 Å². The first-order valence-electron chi connectivity index (χ1n) is 5.37. The maximum absolute atomic E-state index is 11.9. The predicted octanol–water partition coefficient (Wildman–Crippen LogP) is 0.324. The number of methoxy groups -OCH3 is 1. The lowest BCUT2D eigenvalue weighted by Gasteiger charge is -2.05. The van der Waals surface area contributed by atoms with Crippen LogP contribution in [0.3, 0.4) is 0 Å². The van der Waals surface area contributed by atoms with Crippen molar-refractivity contribution in [3.63, 3.8) is 0 Å². The largest absolute Gasteiger partial charge is 0.497 e. The molecule has 3 N–H and O–H groups in total. The van der Waals surface area contributed by atoms with Gasteiger partial charge in [0.05, 0.1) is 7.11 Å². The Morgan fingerprint density at radius 1 is 1.21 bits per heavy atom. The van der Waals surface area contributed by atoms with Crippen LogP contribution in [-0.4, -0.2) is 23.0 Å². The van der Waals surface area contributed by atoms with Crippen LogP contribution in [-0.2, 0) is 0 Å². The van der Waals surface area contributed by atoms with Gasteiger partial charge < -0.3 is 10.1 Å². The third kappa shape index (κ3) is 3.09. The van der Waals surface area contributed by atoms with Gasteiger partial charge in [0.25, 0.3) is 11.5 Å². The maximum atomic E-state index is 11.9. The zero-order valence-corrected chi connectivity index (χ0v) is 10.0. The van der Waals surface area contributed by atoms with Crippen LogP contribution in [0.1, 0.15) is 10.4 Å². The molecule has 0 unspecified atom stereocenters. The zero-order valence-electron chi connectivity index (χ0n) is 10.0. The van der Waals surface area contributed by atoms with E-state index in [1.54, 1.807) is 24.3 Å². The molecule has 0 bridgehead atoms. The quantitative estimate of drug-likeness (QED) is 0.740. The Morgan fingerprint density at radius 2 is 2.00 bits per heavy atom. The van der Waals surface area contributed by atoms with Crippen molar-refractivity contribution in [2.24, 2.45) is 0 Å². The highest BCUT2D eigenvalue weighted by Gasteiger charge is 2.08. The first kappa shape index (κ1) is 12.6. The van der Waals surface area contributed by atoms with Gasteiger partial charge in [-0.1, -0.05) is 6.07 Å². The van der Waals surface area contributed by atoms with Crippen LogP contribution >= 0.6 is 0 Å². The highest BCUT2D eigenvalue weighted by Crippen LogP contribution is 2.13. The van der Waals surface area contributed by atoms with Gasteiger partial charge in [0.1, 0.15) is 11.6 Å². The summed E-state index contributed by atoms with van der Waals surface area (Å²) in [6.45, 7) is 0. The summed E-state index contributed by atoms with van der Waals surface area (Å²) in [5, 5.41) is 2.42. The van der Waals surface area contributed by atoms with Crippen molar-refractivity contribution < 1.29 is 9.53 Å². The van der Waals surface area contributed by atoms with E-state index in [1.165, 1.54) is 7.11 Å². The Bertz CT molecular complexity index is 689. The topological polar surface area (TPSA) is 104 Å². The second kappa shape index (κ2) is 5.21. The lowest BCUT2D eigenvalue weighted by Crippen LogP contribution is -2.24. The molecule has 0 spiro atoms. The third-order valence-electron chi connectivity index (χ3n) is 2.34. The fourth-order valence-corrected chi connectivity index (χ4v) is 1.49. The molecule has 0 saturated heterocycles. The van der Waals surface area contributed by atoms with Gasteiger partial charge in [-0.3, -0.25) is 19.6 Å². The van der Waals surface area contributed by atoms with Crippen molar-refractivity contribution in [1.82, 2.24) is 9.97 Å². The molecule has 1 aromatic carbocycles. The first-order valence-corrected chi connectivity index (χ1v) is 5.37. The summed E-state index contributed by atoms with van der Waals surface area (Å²) in [6.07, 6.45) is 0. The van der Waals surface area contributed by atoms with Crippen LogP contribution in [0.5, 0.6) is 5.75 Å². The average Bonchev–Trinajstić information content (AvgIpc) is 2.37. The average molecular weight is 261 g/mol. The van der Waals surface area contributed by atoms with Crippen LogP contribution in [0, 0.1) is 0 Å². The van der Waals surface area contributed by atoms with Gasteiger partial charge in [0.2, 0.25) is 0 Å². The number of nitrogens with one attached hydrogen (secondary N) is 3. The Balaban J connectivity index is 2.25. The molecular formula is C12H11N3O4. The molecule has 0 saturated carbocycles. The lowest BCUT2D eigenvalue weighted by molar-refractivity contribution is 0.102. The van der Waals surface area contributed by atoms with Gasteiger partial charge in [0, 0.05) is 11.6 Å². The predicted molar refractivity (Wildman–Crippen MR) is 68.6 cm³/mol. The highest BCUT2D eigenvalue weighted by molar-refractivity contribution is 6.03. The molecule has 7 nitrogen and oxygen atoms in total. The monoisotopic (exact) mass is 261 g/mol. The molecule has 0 atom stereocenters. The van der Waals surface area contributed by atoms with E-state index in [4.69, 9.17) is 4.74 Å². The standard InChI is InChI=1S/C12H11N3O4/c1-19-8-4-2-3-7(5-8)11(17)13-9-6-10(16)15-12(18)14-9/h2-6H,1H3,(H3,13,14,15,16,17,18). The summed E-state index contributed by atoms with van der Waals surface area (Å²) >= 11 is 0. The molecule has 2 aromatic rings. The van der Waals surface area contributed by atoms with Crippen LogP contribution in [0.2, 0.25) is 0 Å². The summed E-state index contributed by atoms with van der Waals surface area (Å²) in [5.74, 6) is 0.105. The summed E-state index contributed by atoms with van der Waals surface area (Å²) in [6, 6.07) is 7.57. The smallest absolute Gasteiger partial charge is 0.327 e. The molecule has 0 aliphatic rings. The highest BCUT2D eigenvalue weighted by atomic mass is 16.5. The van der Waals surface area contributed by atoms with Crippen LogP contribution in [0.15, 0.2) is 39.9 Å². The van der Waals surface area contributed by atoms with Crippen LogP contribution in [0.25, 0.3) is 0 Å². The molecule has 98 valence electrons. The number of carbonyl (C=O) groups excluding carboxylic acids is 1. The molecular weight excluding hydrogens is 250 g/mol. The molecule has 0 aliphatic carbocycles. The van der Waals surface area contributed by atoms with Gasteiger partial charge in [-0.2, -0.15) is 0 Å². The number of hydrogen-bond donors (Lipinski definition) is 3. The van der Waals surface area contributed by atoms with Gasteiger partial charge in [-0.25, -0.2) is 4.79 Å². The van der Waals surface area contributed by atoms with Gasteiger partial charge >= 0.3 is 5.69 Å². The van der Waals surface area contributed by atoms with E-state index in [9.17, 15) is 14.4 Å². The molecule has 1 heterocycles. The van der Waals surface area contributed by atoms with Crippen molar-refractivity contribution in [3.8, 4) is 5.75 Å². The van der Waals surface area contributed by atoms with Gasteiger partial charge in [-0.15, -0.1) is 0 Å². The molecule has 0 aliphatic heterocycles. The number of carbonyl (C=O) groups is 1. The molecule has 1 amide bonds. The van der Waals surface area contributed by atoms with E-state index in [0.29, 0.717) is 11.3 Å². The zero-order chi connectivity index (χ0) is 13.8. The third-order valence-corrected chi connectivity index (χ3v) is 2.34. The Hall–Kier alpha value is -2.83. The second-order valence-corrected chi connectivity index (χ2v) is 3.69. The fraction of sp³-hybridized carbons (Fsp3) is 0.0833. The first-order chi connectivity index (χ1) is 9.08. The van der Waals surface area contributed by atoms with Gasteiger partial charge in [-0.05, 0) is 18.2 Å². The van der Waals surface area contributed by atoms with E-state index >= 15 is 0 Å². The number of anilines is 1. The molecule has 19 heavy (non-hydrogen) atoms. The van der Waals surface area contributed by atoms with E-state index < -0.39 is 17.2 Å². The number of amides is 1. The summed E-state index contributed by atoms with van der Waals surface area (Å²) in [5.41, 5.74) is -0.932. The minimum Gasteiger partial charge on any atom is -0.497 e. The minimum absolute atomic E-state index is 0.0292. The minimum atomic E-state index is -0.687. The Morgan fingerprint density at radius 3 is 2.68 bits per heavy atom. The number of aromatic amines is 2. The van der Waals surface area contributed by atoms with Crippen molar-refractivity contribution in [2.75, 3.05) is 12.4 Å². The number of aromatic nitrogens is 2. The molecule has 0 radical (unpaired) electrons. The summed E-state index contributed by atoms with van der Waals surface area (Å²) in [4.78, 5) is 38.3. The molecule has 2 rings (SSSR count). The second-order valence-electron chi connectivity index (χ2n) is 3.69. The number of H-pyrrole nitrogens is 2. The van der Waals surface area contributed by atoms with Gasteiger partial charge in [0.15, 0.2) is 0 Å². The van der Waals surface area contributed by atoms with Crippen LogP contribution < -0.4 is 21.3 Å². The fourth-order valence-electron chi connectivity index (χ4n) is 1.49. The number of hydrogen-bond acceptors (Lipinski definition) is 4. The van der Waals surface area contributed by atoms with E-state index in [1.807, 2.05) is 4.98 Å². The van der Waals surface area contributed by atoms with Crippen molar-refractivity contribution in [1.29, 1.82) is 0 Å². The number of rotatable bonds is 3. The Kier molecular flexibility index (Phi) is 3.46. The van der Waals surface area contributed by atoms with E-state index in [0.717, 1.165) is 6.07 Å². The normalized spacial score (nSPS) is 9.95. The van der Waals surface area contributed by atoms with Crippen LogP contribution in [0.4, 0.5) is 5.82 Å². The molecule has 7 heteroatoms. The SMILES string of the molecule is COc1cccc(C(=O)Nc2cc(=O)[nH]c(=O)[nH]2)c1. The van der Waals surface area contributed by atoms with E-state index in [-0.39, 0.29) is 5.82 Å². The maximum Gasteiger partial charge on any atom is 0.327 e. The number of ether oxygens (including phenoxy) is 1. The van der Waals surface area contributed by atoms with Crippen molar-refractivity contribution >= 4 is 11.7 Å². The Labute approximate surface area is 107 Å². The molecule has 1 aromatic heterocycles. The number of benzene rings is 1. The molecule has 0 fully saturated rings. The summed E-state index contributed by atoms with van der Waals surface area (Å²) in [7, 11) is 1.49. The van der Waals surface area contributed by atoms with Crippen molar-refractivity contribution in [3.05, 3.63) is 56.7 Å². The van der Waals surface area contributed by atoms with Crippen molar-refractivity contribution in [2.45, 2.75) is 0 Å². The summed E-state index contributed by atoms with van der Waals surface area (Å²) < 4.78 is 5.00.